The number of hydrogen-bond acceptors (Lipinski definition) is 3. The Morgan fingerprint density at radius 2 is 1.86 bits per heavy atom. The highest BCUT2D eigenvalue weighted by atomic mass is 127. The van der Waals surface area contributed by atoms with Crippen LogP contribution in [0.1, 0.15) is 24.5 Å². The lowest BCUT2D eigenvalue weighted by Gasteiger charge is -2.19. The molecule has 0 radical (unpaired) electrons. The van der Waals surface area contributed by atoms with Gasteiger partial charge in [-0.1, -0.05) is 24.3 Å². The average Bonchev–Trinajstić information content (AvgIpc) is 2.98. The largest absolute Gasteiger partial charge is 0.401 e. The van der Waals surface area contributed by atoms with Gasteiger partial charge in [0.2, 0.25) is 0 Å². The lowest BCUT2D eigenvalue weighted by atomic mass is 10.1. The molecule has 5 nitrogen and oxygen atoms in total. The predicted molar refractivity (Wildman–Crippen MR) is 118 cm³/mol. The molecule has 0 aliphatic carbocycles. The van der Waals surface area contributed by atoms with Gasteiger partial charge >= 0.3 is 6.18 Å². The molecule has 1 fully saturated rings. The van der Waals surface area contributed by atoms with E-state index >= 15 is 0 Å². The number of likely N-dealkylation sites (tertiary alicyclic amines) is 1. The number of guanidine groups is 1. The first-order chi connectivity index (χ1) is 12.7. The highest BCUT2D eigenvalue weighted by molar-refractivity contribution is 14.0. The fourth-order valence-corrected chi connectivity index (χ4v) is 3.15. The molecule has 0 amide bonds. The van der Waals surface area contributed by atoms with Crippen LogP contribution in [0.3, 0.4) is 0 Å². The second kappa shape index (κ2) is 11.8. The first-order valence-corrected chi connectivity index (χ1v) is 9.31. The minimum absolute atomic E-state index is 0. The topological polar surface area (TPSA) is 42.9 Å². The van der Waals surface area contributed by atoms with Crippen LogP contribution in [-0.2, 0) is 13.1 Å². The van der Waals surface area contributed by atoms with Crippen LogP contribution < -0.4 is 10.6 Å². The summed E-state index contributed by atoms with van der Waals surface area (Å²) in [6, 6.07) is 8.29. The Hall–Kier alpha value is -1.07. The summed E-state index contributed by atoms with van der Waals surface area (Å²) in [5.41, 5.74) is 2.34. The van der Waals surface area contributed by atoms with Crippen molar-refractivity contribution >= 4 is 29.9 Å². The van der Waals surface area contributed by atoms with Crippen LogP contribution in [0.25, 0.3) is 0 Å². The molecular weight excluding hydrogens is 482 g/mol. The zero-order valence-corrected chi connectivity index (χ0v) is 19.1. The fraction of sp³-hybridized carbons (Fsp3) is 0.632. The Kier molecular flexibility index (Phi) is 10.5. The molecule has 28 heavy (non-hydrogen) atoms. The summed E-state index contributed by atoms with van der Waals surface area (Å²) in [7, 11) is 4.07. The third-order valence-corrected chi connectivity index (χ3v) is 4.30. The molecule has 9 heteroatoms. The Morgan fingerprint density at radius 1 is 1.21 bits per heavy atom. The molecule has 0 spiro atoms. The van der Waals surface area contributed by atoms with Gasteiger partial charge in [0.1, 0.15) is 0 Å². The molecular formula is C19H31F3IN5. The minimum atomic E-state index is -4.15. The minimum Gasteiger partial charge on any atom is -0.357 e. The van der Waals surface area contributed by atoms with Crippen molar-refractivity contribution in [2.24, 2.45) is 4.99 Å². The molecule has 0 aromatic heterocycles. The van der Waals surface area contributed by atoms with Gasteiger partial charge in [-0.2, -0.15) is 13.2 Å². The van der Waals surface area contributed by atoms with Gasteiger partial charge < -0.3 is 15.5 Å². The monoisotopic (exact) mass is 513 g/mol. The van der Waals surface area contributed by atoms with Crippen LogP contribution in [0.15, 0.2) is 29.3 Å². The Balaban J connectivity index is 0.00000392. The summed E-state index contributed by atoms with van der Waals surface area (Å²) in [5, 5.41) is 6.44. The standard InChI is InChI=1S/C19H30F3N5.HI/c1-4-23-18(25-17-9-10-27(13-17)14-19(20,21)22)24-11-15-5-7-16(8-6-15)12-26(2)3;/h5-8,17H,4,9-14H2,1-3H3,(H2,23,24,25);1H. The van der Waals surface area contributed by atoms with Crippen molar-refractivity contribution in [3.05, 3.63) is 35.4 Å². The van der Waals surface area contributed by atoms with Crippen LogP contribution >= 0.6 is 24.0 Å². The van der Waals surface area contributed by atoms with Gasteiger partial charge in [-0.3, -0.25) is 4.90 Å². The van der Waals surface area contributed by atoms with Crippen molar-refractivity contribution in [1.82, 2.24) is 20.4 Å². The molecule has 1 aromatic rings. The van der Waals surface area contributed by atoms with Crippen molar-refractivity contribution in [2.75, 3.05) is 40.3 Å². The van der Waals surface area contributed by atoms with Crippen LogP contribution in [0.5, 0.6) is 0 Å². The van der Waals surface area contributed by atoms with Gasteiger partial charge in [-0.05, 0) is 38.6 Å². The van der Waals surface area contributed by atoms with E-state index in [4.69, 9.17) is 0 Å². The maximum atomic E-state index is 12.5. The zero-order chi connectivity index (χ0) is 19.9. The zero-order valence-electron chi connectivity index (χ0n) is 16.7. The van der Waals surface area contributed by atoms with Gasteiger partial charge in [-0.15, -0.1) is 24.0 Å². The van der Waals surface area contributed by atoms with E-state index in [0.29, 0.717) is 38.6 Å². The molecule has 2 N–H and O–H groups in total. The van der Waals surface area contributed by atoms with E-state index in [1.54, 1.807) is 0 Å². The molecule has 1 saturated heterocycles. The molecule has 1 aliphatic rings. The molecule has 2 rings (SSSR count). The predicted octanol–water partition coefficient (Wildman–Crippen LogP) is 3.06. The third-order valence-electron chi connectivity index (χ3n) is 4.30. The Labute approximate surface area is 182 Å². The van der Waals surface area contributed by atoms with E-state index in [-0.39, 0.29) is 30.0 Å². The highest BCUT2D eigenvalue weighted by Crippen LogP contribution is 2.20. The average molecular weight is 513 g/mol. The van der Waals surface area contributed by atoms with Gasteiger partial charge in [0.25, 0.3) is 0 Å². The highest BCUT2D eigenvalue weighted by Gasteiger charge is 2.34. The lowest BCUT2D eigenvalue weighted by Crippen LogP contribution is -2.45. The number of benzene rings is 1. The van der Waals surface area contributed by atoms with Crippen LogP contribution in [0.4, 0.5) is 13.2 Å². The van der Waals surface area contributed by atoms with Crippen LogP contribution in [0.2, 0.25) is 0 Å². The number of hydrogen-bond donors (Lipinski definition) is 2. The van der Waals surface area contributed by atoms with Crippen LogP contribution in [-0.4, -0.2) is 68.3 Å². The van der Waals surface area contributed by atoms with E-state index in [2.05, 4.69) is 44.8 Å². The Bertz CT molecular complexity index is 605. The molecule has 160 valence electrons. The summed E-state index contributed by atoms with van der Waals surface area (Å²) < 4.78 is 37.6. The quantitative estimate of drug-likeness (QED) is 0.334. The lowest BCUT2D eigenvalue weighted by molar-refractivity contribution is -0.143. The first kappa shape index (κ1) is 25.0. The van der Waals surface area contributed by atoms with Gasteiger partial charge in [0.15, 0.2) is 5.96 Å². The molecule has 0 bridgehead atoms. The molecule has 1 aromatic carbocycles. The Morgan fingerprint density at radius 3 is 2.43 bits per heavy atom. The third kappa shape index (κ3) is 9.42. The van der Waals surface area contributed by atoms with Crippen molar-refractivity contribution in [3.8, 4) is 0 Å². The summed E-state index contributed by atoms with van der Waals surface area (Å²) in [4.78, 5) is 8.13. The summed E-state index contributed by atoms with van der Waals surface area (Å²) in [6.07, 6.45) is -3.47. The molecule has 0 saturated carbocycles. The van der Waals surface area contributed by atoms with Crippen molar-refractivity contribution < 1.29 is 13.2 Å². The maximum absolute atomic E-state index is 12.5. The van der Waals surface area contributed by atoms with E-state index < -0.39 is 12.7 Å². The number of aliphatic imine (C=N–C) groups is 1. The van der Waals surface area contributed by atoms with Crippen molar-refractivity contribution in [3.63, 3.8) is 0 Å². The van der Waals surface area contributed by atoms with E-state index in [1.165, 1.54) is 10.5 Å². The second-order valence-corrected chi connectivity index (χ2v) is 7.23. The van der Waals surface area contributed by atoms with Gasteiger partial charge in [0, 0.05) is 32.2 Å². The first-order valence-electron chi connectivity index (χ1n) is 9.31. The van der Waals surface area contributed by atoms with Crippen molar-refractivity contribution in [1.29, 1.82) is 0 Å². The van der Waals surface area contributed by atoms with Gasteiger partial charge in [0.05, 0.1) is 13.1 Å². The molecule has 1 aliphatic heterocycles. The smallest absolute Gasteiger partial charge is 0.357 e. The molecule has 1 atom stereocenters. The number of halogens is 4. The van der Waals surface area contributed by atoms with E-state index in [1.807, 2.05) is 21.0 Å². The SMILES string of the molecule is CCNC(=NCc1ccc(CN(C)C)cc1)NC1CCN(CC(F)(F)F)C1.I. The molecule has 1 unspecified atom stereocenters. The van der Waals surface area contributed by atoms with E-state index in [9.17, 15) is 13.2 Å². The molecule has 1 heterocycles. The number of nitrogens with zero attached hydrogens (tertiary/aromatic N) is 3. The second-order valence-electron chi connectivity index (χ2n) is 7.23. The summed E-state index contributed by atoms with van der Waals surface area (Å²) in [6.45, 7) is 4.07. The summed E-state index contributed by atoms with van der Waals surface area (Å²) >= 11 is 0. The fourth-order valence-electron chi connectivity index (χ4n) is 3.15. The van der Waals surface area contributed by atoms with Gasteiger partial charge in [-0.25, -0.2) is 4.99 Å². The summed E-state index contributed by atoms with van der Waals surface area (Å²) in [5.74, 6) is 0.647. The number of rotatable bonds is 7. The van der Waals surface area contributed by atoms with E-state index in [0.717, 1.165) is 12.1 Å². The maximum Gasteiger partial charge on any atom is 0.401 e. The van der Waals surface area contributed by atoms with Crippen molar-refractivity contribution in [2.45, 2.75) is 38.7 Å². The number of alkyl halides is 3. The normalized spacial score (nSPS) is 18.2. The van der Waals surface area contributed by atoms with Crippen LogP contribution in [0, 0.1) is 0 Å². The number of nitrogens with one attached hydrogen (secondary N) is 2.